The first-order valence-corrected chi connectivity index (χ1v) is 13.8. The van der Waals surface area contributed by atoms with Crippen LogP contribution < -0.4 is 9.62 Å². The van der Waals surface area contributed by atoms with Crippen molar-refractivity contribution in [2.75, 3.05) is 43.4 Å². The molecule has 4 aromatic rings. The number of halogens is 2. The van der Waals surface area contributed by atoms with Crippen LogP contribution >= 0.6 is 0 Å². The number of benzene rings is 2. The minimum atomic E-state index is -4.29. The molecule has 0 aliphatic carbocycles. The lowest BCUT2D eigenvalue weighted by atomic mass is 9.96. The quantitative estimate of drug-likeness (QED) is 0.369. The van der Waals surface area contributed by atoms with Crippen molar-refractivity contribution in [1.29, 1.82) is 0 Å². The van der Waals surface area contributed by atoms with Crippen LogP contribution in [0.4, 0.5) is 20.3 Å². The number of pyridine rings is 1. The Morgan fingerprint density at radius 1 is 1.00 bits per heavy atom. The Labute approximate surface area is 220 Å². The Morgan fingerprint density at radius 3 is 2.53 bits per heavy atom. The first-order chi connectivity index (χ1) is 18.2. The van der Waals surface area contributed by atoms with Crippen LogP contribution in [0.3, 0.4) is 0 Å². The monoisotopic (exact) mass is 538 g/mol. The summed E-state index contributed by atoms with van der Waals surface area (Å²) < 4.78 is 55.2. The maximum atomic E-state index is 14.1. The highest BCUT2D eigenvalue weighted by molar-refractivity contribution is 7.92. The second-order valence-electron chi connectivity index (χ2n) is 9.76. The molecule has 0 amide bonds. The molecule has 0 unspecified atom stereocenters. The molecule has 11 heteroatoms. The van der Waals surface area contributed by atoms with Crippen molar-refractivity contribution in [3.63, 3.8) is 0 Å². The van der Waals surface area contributed by atoms with Gasteiger partial charge in [-0.1, -0.05) is 6.07 Å². The predicted molar refractivity (Wildman–Crippen MR) is 143 cm³/mol. The maximum absolute atomic E-state index is 14.1. The molecule has 5 rings (SSSR count). The van der Waals surface area contributed by atoms with Crippen LogP contribution in [-0.4, -0.2) is 62.0 Å². The van der Waals surface area contributed by atoms with Crippen molar-refractivity contribution >= 4 is 32.4 Å². The van der Waals surface area contributed by atoms with E-state index in [1.807, 2.05) is 18.2 Å². The smallest absolute Gasteiger partial charge is 0.264 e. The number of piperidine rings is 1. The minimum Gasteiger partial charge on any atom is -0.356 e. The fraction of sp³-hybridized carbons (Fsp3) is 0.296. The zero-order valence-electron chi connectivity index (χ0n) is 21.1. The molecule has 198 valence electrons. The third-order valence-corrected chi connectivity index (χ3v) is 8.07. The standard InChI is InChI=1S/C27H28F2N6O2S/c1-34(2)16-18-7-9-35(10-8-18)27-23-12-19(3-5-25(23)31-17-32-27)20-11-22(15-30-14-20)33-38(36,37)26-6-4-21(28)13-24(26)29/h3-6,11-15,17-18,33H,7-10,16H2,1-2H3. The van der Waals surface area contributed by atoms with Gasteiger partial charge in [-0.3, -0.25) is 9.71 Å². The second kappa shape index (κ2) is 10.6. The van der Waals surface area contributed by atoms with Gasteiger partial charge in [-0.25, -0.2) is 27.2 Å². The number of nitrogens with zero attached hydrogens (tertiary/aromatic N) is 5. The van der Waals surface area contributed by atoms with Crippen molar-refractivity contribution in [2.24, 2.45) is 5.92 Å². The number of nitrogens with one attached hydrogen (secondary N) is 1. The minimum absolute atomic E-state index is 0.152. The zero-order valence-corrected chi connectivity index (χ0v) is 21.9. The van der Waals surface area contributed by atoms with E-state index in [0.29, 0.717) is 17.5 Å². The van der Waals surface area contributed by atoms with Gasteiger partial charge < -0.3 is 9.80 Å². The van der Waals surface area contributed by atoms with Gasteiger partial charge in [0.1, 0.15) is 28.7 Å². The molecule has 0 radical (unpaired) electrons. The average Bonchev–Trinajstić information content (AvgIpc) is 2.88. The summed E-state index contributed by atoms with van der Waals surface area (Å²) in [4.78, 5) is 17.1. The van der Waals surface area contributed by atoms with Gasteiger partial charge in [-0.05, 0) is 68.8 Å². The number of hydrogen-bond acceptors (Lipinski definition) is 7. The molecular formula is C27H28F2N6O2S. The molecule has 0 spiro atoms. The SMILES string of the molecule is CN(C)CC1CCN(c2ncnc3ccc(-c4cncc(NS(=O)(=O)c5ccc(F)cc5F)c4)cc23)CC1. The highest BCUT2D eigenvalue weighted by Gasteiger charge is 2.23. The summed E-state index contributed by atoms with van der Waals surface area (Å²) in [5.74, 6) is -0.500. The molecular weight excluding hydrogens is 510 g/mol. The number of rotatable bonds is 7. The molecule has 0 bridgehead atoms. The lowest BCUT2D eigenvalue weighted by Gasteiger charge is -2.34. The van der Waals surface area contributed by atoms with Crippen molar-refractivity contribution in [1.82, 2.24) is 19.9 Å². The summed E-state index contributed by atoms with van der Waals surface area (Å²) in [6.07, 6.45) is 6.70. The van der Waals surface area contributed by atoms with Gasteiger partial charge >= 0.3 is 0 Å². The van der Waals surface area contributed by atoms with Gasteiger partial charge in [0.25, 0.3) is 10.0 Å². The molecule has 0 atom stereocenters. The van der Waals surface area contributed by atoms with Gasteiger partial charge in [-0.15, -0.1) is 0 Å². The zero-order chi connectivity index (χ0) is 26.9. The van der Waals surface area contributed by atoms with E-state index in [4.69, 9.17) is 0 Å². The lowest BCUT2D eigenvalue weighted by Crippen LogP contribution is -2.37. The normalized spacial score (nSPS) is 14.8. The molecule has 38 heavy (non-hydrogen) atoms. The Bertz CT molecular complexity index is 1570. The fourth-order valence-corrected chi connectivity index (χ4v) is 5.97. The van der Waals surface area contributed by atoms with Crippen molar-refractivity contribution in [2.45, 2.75) is 17.7 Å². The average molecular weight is 539 g/mol. The van der Waals surface area contributed by atoms with E-state index in [-0.39, 0.29) is 5.69 Å². The molecule has 3 heterocycles. The van der Waals surface area contributed by atoms with Crippen LogP contribution in [0.2, 0.25) is 0 Å². The Kier molecular flexibility index (Phi) is 7.22. The highest BCUT2D eigenvalue weighted by Crippen LogP contribution is 2.32. The topological polar surface area (TPSA) is 91.3 Å². The molecule has 2 aromatic carbocycles. The van der Waals surface area contributed by atoms with E-state index < -0.39 is 26.6 Å². The molecule has 1 saturated heterocycles. The summed E-state index contributed by atoms with van der Waals surface area (Å²) in [6, 6.07) is 9.69. The van der Waals surface area contributed by atoms with E-state index in [2.05, 4.69) is 43.6 Å². The number of sulfonamides is 1. The van der Waals surface area contributed by atoms with Crippen LogP contribution in [0.25, 0.3) is 22.0 Å². The van der Waals surface area contributed by atoms with Gasteiger partial charge in [-0.2, -0.15) is 0 Å². The van der Waals surface area contributed by atoms with Gasteiger partial charge in [0.2, 0.25) is 0 Å². The Balaban J connectivity index is 1.42. The molecule has 2 aromatic heterocycles. The van der Waals surface area contributed by atoms with Crippen LogP contribution in [0.5, 0.6) is 0 Å². The summed E-state index contributed by atoms with van der Waals surface area (Å²) >= 11 is 0. The van der Waals surface area contributed by atoms with Crippen molar-refractivity contribution in [3.8, 4) is 11.1 Å². The van der Waals surface area contributed by atoms with E-state index in [1.165, 1.54) is 6.20 Å². The maximum Gasteiger partial charge on any atom is 0.264 e. The third kappa shape index (κ3) is 5.58. The van der Waals surface area contributed by atoms with Gasteiger partial charge in [0.15, 0.2) is 0 Å². The Morgan fingerprint density at radius 2 is 1.79 bits per heavy atom. The molecule has 1 aliphatic heterocycles. The summed E-state index contributed by atoms with van der Waals surface area (Å²) in [6.45, 7) is 2.89. The summed E-state index contributed by atoms with van der Waals surface area (Å²) in [7, 11) is -0.0914. The van der Waals surface area contributed by atoms with E-state index >= 15 is 0 Å². The number of hydrogen-bond donors (Lipinski definition) is 1. The molecule has 1 fully saturated rings. The lowest BCUT2D eigenvalue weighted by molar-refractivity contribution is 0.285. The van der Waals surface area contributed by atoms with E-state index in [9.17, 15) is 17.2 Å². The van der Waals surface area contributed by atoms with Crippen LogP contribution in [0.1, 0.15) is 12.8 Å². The number of aromatic nitrogens is 3. The van der Waals surface area contributed by atoms with Crippen molar-refractivity contribution < 1.29 is 17.2 Å². The fourth-order valence-electron chi connectivity index (χ4n) is 4.88. The molecule has 1 aliphatic rings. The Hall–Kier alpha value is -3.70. The number of anilines is 2. The largest absolute Gasteiger partial charge is 0.356 e. The molecule has 8 nitrogen and oxygen atoms in total. The summed E-state index contributed by atoms with van der Waals surface area (Å²) in [5, 5.41) is 0.899. The summed E-state index contributed by atoms with van der Waals surface area (Å²) in [5.41, 5.74) is 2.42. The van der Waals surface area contributed by atoms with E-state index in [0.717, 1.165) is 66.9 Å². The van der Waals surface area contributed by atoms with Crippen LogP contribution in [0.15, 0.2) is 66.1 Å². The van der Waals surface area contributed by atoms with Gasteiger partial charge in [0, 0.05) is 42.8 Å². The second-order valence-corrected chi connectivity index (χ2v) is 11.4. The van der Waals surface area contributed by atoms with E-state index in [1.54, 1.807) is 18.6 Å². The molecule has 1 N–H and O–H groups in total. The predicted octanol–water partition coefficient (Wildman–Crippen LogP) is 4.55. The van der Waals surface area contributed by atoms with Crippen LogP contribution in [0, 0.1) is 17.6 Å². The van der Waals surface area contributed by atoms with Crippen molar-refractivity contribution in [3.05, 3.63) is 72.8 Å². The first-order valence-electron chi connectivity index (χ1n) is 12.3. The molecule has 0 saturated carbocycles. The highest BCUT2D eigenvalue weighted by atomic mass is 32.2. The van der Waals surface area contributed by atoms with Gasteiger partial charge in [0.05, 0.1) is 17.4 Å². The third-order valence-electron chi connectivity index (χ3n) is 6.66. The van der Waals surface area contributed by atoms with Crippen LogP contribution in [-0.2, 0) is 10.0 Å². The number of fused-ring (bicyclic) bond motifs is 1. The first kappa shape index (κ1) is 25.9.